The van der Waals surface area contributed by atoms with Crippen molar-refractivity contribution in [2.75, 3.05) is 13.1 Å². The summed E-state index contributed by atoms with van der Waals surface area (Å²) in [6.45, 7) is 19.5. The average molecular weight is 272 g/mol. The predicted molar refractivity (Wildman–Crippen MR) is 84.8 cm³/mol. The molecule has 3 heteroatoms. The molecule has 0 aromatic rings. The molecule has 0 saturated carbocycles. The van der Waals surface area contributed by atoms with Crippen LogP contribution in [-0.4, -0.2) is 36.4 Å². The van der Waals surface area contributed by atoms with E-state index in [1.807, 2.05) is 0 Å². The van der Waals surface area contributed by atoms with Gasteiger partial charge in [-0.2, -0.15) is 0 Å². The summed E-state index contributed by atoms with van der Waals surface area (Å²) in [7, 11) is 0. The summed E-state index contributed by atoms with van der Waals surface area (Å²) in [4.78, 5) is 0. The normalized spacial score (nSPS) is 15.0. The van der Waals surface area contributed by atoms with Crippen molar-refractivity contribution in [2.45, 2.75) is 91.5 Å². The van der Waals surface area contributed by atoms with Gasteiger partial charge in [0.1, 0.15) is 0 Å². The fourth-order valence-corrected chi connectivity index (χ4v) is 2.02. The Labute approximate surface area is 120 Å². The molecule has 0 saturated heterocycles. The van der Waals surface area contributed by atoms with E-state index in [9.17, 15) is 0 Å². The summed E-state index contributed by atoms with van der Waals surface area (Å²) < 4.78 is 5.78. The molecular formula is C16H36N2O. The fourth-order valence-electron chi connectivity index (χ4n) is 2.02. The second kappa shape index (κ2) is 8.23. The predicted octanol–water partition coefficient (Wildman–Crippen LogP) is 3.34. The highest BCUT2D eigenvalue weighted by Crippen LogP contribution is 2.15. The maximum Gasteiger partial charge on any atom is 0.0551 e. The second-order valence-corrected chi connectivity index (χ2v) is 7.52. The third kappa shape index (κ3) is 12.6. The number of rotatable bonds is 9. The number of hydrogen-bond donors (Lipinski definition) is 2. The lowest BCUT2D eigenvalue weighted by molar-refractivity contribution is 0.00995. The third-order valence-corrected chi connectivity index (χ3v) is 3.06. The van der Waals surface area contributed by atoms with Crippen molar-refractivity contribution >= 4 is 0 Å². The highest BCUT2D eigenvalue weighted by Gasteiger charge is 2.18. The Kier molecular flexibility index (Phi) is 8.18. The zero-order valence-electron chi connectivity index (χ0n) is 14.4. The van der Waals surface area contributed by atoms with Crippen molar-refractivity contribution in [1.82, 2.24) is 10.6 Å². The molecule has 1 atom stereocenters. The van der Waals surface area contributed by atoms with Gasteiger partial charge in [-0.25, -0.2) is 0 Å². The molecule has 0 aromatic heterocycles. The van der Waals surface area contributed by atoms with Crippen molar-refractivity contribution in [2.24, 2.45) is 0 Å². The van der Waals surface area contributed by atoms with E-state index in [4.69, 9.17) is 4.74 Å². The molecule has 0 aliphatic carbocycles. The van der Waals surface area contributed by atoms with Gasteiger partial charge in [0.15, 0.2) is 0 Å². The first kappa shape index (κ1) is 18.9. The first-order chi connectivity index (χ1) is 8.52. The minimum atomic E-state index is 0.175. The van der Waals surface area contributed by atoms with Crippen molar-refractivity contribution in [1.29, 1.82) is 0 Å². The van der Waals surface area contributed by atoms with Crippen molar-refractivity contribution in [3.05, 3.63) is 0 Å². The van der Waals surface area contributed by atoms with Crippen LogP contribution in [0.1, 0.15) is 68.2 Å². The van der Waals surface area contributed by atoms with E-state index in [-0.39, 0.29) is 11.1 Å². The minimum absolute atomic E-state index is 0.175. The van der Waals surface area contributed by atoms with Crippen LogP contribution in [0.3, 0.4) is 0 Å². The Balaban J connectivity index is 3.79. The maximum absolute atomic E-state index is 5.78. The van der Waals surface area contributed by atoms with Crippen LogP contribution in [0.25, 0.3) is 0 Å². The number of ether oxygens (including phenoxy) is 1. The number of hydrogen-bond acceptors (Lipinski definition) is 3. The second-order valence-electron chi connectivity index (χ2n) is 7.52. The van der Waals surface area contributed by atoms with E-state index in [0.717, 1.165) is 25.9 Å². The van der Waals surface area contributed by atoms with E-state index < -0.39 is 0 Å². The van der Waals surface area contributed by atoms with Crippen LogP contribution in [0.5, 0.6) is 0 Å². The molecule has 0 aliphatic heterocycles. The Hall–Kier alpha value is -0.120. The minimum Gasteiger partial charge on any atom is -0.376 e. The first-order valence-corrected chi connectivity index (χ1v) is 7.67. The van der Waals surface area contributed by atoms with Crippen molar-refractivity contribution < 1.29 is 4.74 Å². The molecule has 2 N–H and O–H groups in total. The van der Waals surface area contributed by atoms with E-state index in [2.05, 4.69) is 66.0 Å². The topological polar surface area (TPSA) is 33.3 Å². The molecule has 0 aromatic carbocycles. The Bertz CT molecular complexity index is 231. The molecule has 0 amide bonds. The van der Waals surface area contributed by atoms with Gasteiger partial charge in [0, 0.05) is 24.2 Å². The molecule has 0 rings (SSSR count). The lowest BCUT2D eigenvalue weighted by atomic mass is 9.96. The summed E-state index contributed by atoms with van der Waals surface area (Å²) >= 11 is 0. The zero-order valence-corrected chi connectivity index (χ0v) is 14.4. The fraction of sp³-hybridized carbons (Fsp3) is 1.00. The molecule has 0 spiro atoms. The van der Waals surface area contributed by atoms with E-state index in [1.54, 1.807) is 0 Å². The van der Waals surface area contributed by atoms with Crippen LogP contribution >= 0.6 is 0 Å². The largest absolute Gasteiger partial charge is 0.376 e. The van der Waals surface area contributed by atoms with E-state index >= 15 is 0 Å². The summed E-state index contributed by atoms with van der Waals surface area (Å²) in [6.07, 6.45) is 2.90. The van der Waals surface area contributed by atoms with Gasteiger partial charge in [-0.3, -0.25) is 0 Å². The standard InChI is InChI=1S/C16H36N2O/c1-13(2)19-14(3)9-10-16(7,8)18-12-11-17-15(4,5)6/h13-14,17-18H,9-12H2,1-8H3. The van der Waals surface area contributed by atoms with Gasteiger partial charge in [-0.1, -0.05) is 0 Å². The van der Waals surface area contributed by atoms with E-state index in [1.165, 1.54) is 0 Å². The van der Waals surface area contributed by atoms with Gasteiger partial charge in [0.25, 0.3) is 0 Å². The molecule has 19 heavy (non-hydrogen) atoms. The van der Waals surface area contributed by atoms with Crippen LogP contribution in [0.15, 0.2) is 0 Å². The van der Waals surface area contributed by atoms with Crippen molar-refractivity contribution in [3.63, 3.8) is 0 Å². The Morgan fingerprint density at radius 1 is 0.895 bits per heavy atom. The van der Waals surface area contributed by atoms with E-state index in [0.29, 0.717) is 12.2 Å². The van der Waals surface area contributed by atoms with Crippen LogP contribution in [0.4, 0.5) is 0 Å². The molecule has 0 aliphatic rings. The van der Waals surface area contributed by atoms with Gasteiger partial charge in [-0.15, -0.1) is 0 Å². The Morgan fingerprint density at radius 3 is 1.89 bits per heavy atom. The molecule has 0 radical (unpaired) electrons. The Morgan fingerprint density at radius 2 is 1.42 bits per heavy atom. The van der Waals surface area contributed by atoms with Gasteiger partial charge in [0.2, 0.25) is 0 Å². The molecule has 0 bridgehead atoms. The lowest BCUT2D eigenvalue weighted by Crippen LogP contribution is -2.46. The smallest absolute Gasteiger partial charge is 0.0551 e. The monoisotopic (exact) mass is 272 g/mol. The number of nitrogens with one attached hydrogen (secondary N) is 2. The average Bonchev–Trinajstić information content (AvgIpc) is 2.20. The summed E-state index contributed by atoms with van der Waals surface area (Å²) in [5.74, 6) is 0. The summed E-state index contributed by atoms with van der Waals surface area (Å²) in [5, 5.41) is 7.12. The molecule has 0 heterocycles. The van der Waals surface area contributed by atoms with Crippen LogP contribution in [-0.2, 0) is 4.74 Å². The third-order valence-electron chi connectivity index (χ3n) is 3.06. The molecule has 116 valence electrons. The molecule has 0 fully saturated rings. The van der Waals surface area contributed by atoms with Gasteiger partial charge in [-0.05, 0) is 68.2 Å². The van der Waals surface area contributed by atoms with Crippen LogP contribution in [0.2, 0.25) is 0 Å². The van der Waals surface area contributed by atoms with Crippen LogP contribution < -0.4 is 10.6 Å². The molecule has 3 nitrogen and oxygen atoms in total. The SMILES string of the molecule is CC(C)OC(C)CCC(C)(C)NCCNC(C)(C)C. The molecular weight excluding hydrogens is 236 g/mol. The maximum atomic E-state index is 5.78. The summed E-state index contributed by atoms with van der Waals surface area (Å²) in [6, 6.07) is 0. The van der Waals surface area contributed by atoms with Gasteiger partial charge < -0.3 is 15.4 Å². The highest BCUT2D eigenvalue weighted by atomic mass is 16.5. The zero-order chi connectivity index (χ0) is 15.1. The van der Waals surface area contributed by atoms with Gasteiger partial charge in [0.05, 0.1) is 12.2 Å². The first-order valence-electron chi connectivity index (χ1n) is 7.67. The lowest BCUT2D eigenvalue weighted by Gasteiger charge is -2.29. The quantitative estimate of drug-likeness (QED) is 0.632. The van der Waals surface area contributed by atoms with Crippen LogP contribution in [0, 0.1) is 0 Å². The molecule has 1 unspecified atom stereocenters. The summed E-state index contributed by atoms with van der Waals surface area (Å²) in [5.41, 5.74) is 0.375. The highest BCUT2D eigenvalue weighted by molar-refractivity contribution is 4.79. The van der Waals surface area contributed by atoms with Crippen molar-refractivity contribution in [3.8, 4) is 0 Å². The van der Waals surface area contributed by atoms with Gasteiger partial charge >= 0.3 is 0 Å².